The molecular weight excluding hydrogens is 244 g/mol. The molecule has 9 heavy (non-hydrogen) atoms. The molecule has 0 unspecified atom stereocenters. The highest BCUT2D eigenvalue weighted by Crippen LogP contribution is 2.17. The zero-order valence-corrected chi connectivity index (χ0v) is 7.87. The lowest BCUT2D eigenvalue weighted by Gasteiger charge is -1.94. The van der Waals surface area contributed by atoms with Gasteiger partial charge in [0.05, 0.1) is 0 Å². The monoisotopic (exact) mass is 247 g/mol. The van der Waals surface area contributed by atoms with Crippen molar-refractivity contribution in [3.05, 3.63) is 34.3 Å². The van der Waals surface area contributed by atoms with Gasteiger partial charge in [0, 0.05) is 9.80 Å². The van der Waals surface area contributed by atoms with Crippen molar-refractivity contribution in [3.8, 4) is 0 Å². The average Bonchev–Trinajstić information content (AvgIpc) is 1.89. The van der Waals surface area contributed by atoms with Crippen LogP contribution in [0.25, 0.3) is 0 Å². The summed E-state index contributed by atoms with van der Waals surface area (Å²) in [6.07, 6.45) is 0. The third-order valence-electron chi connectivity index (χ3n) is 1.02. The van der Waals surface area contributed by atoms with Crippen LogP contribution in [0.2, 0.25) is 0 Å². The van der Waals surface area contributed by atoms with Gasteiger partial charge in [-0.2, -0.15) is 0 Å². The van der Waals surface area contributed by atoms with E-state index in [-0.39, 0.29) is 0 Å². The first-order valence-corrected chi connectivity index (χ1v) is 4.47. The second kappa shape index (κ2) is 3.37. The molecule has 1 aromatic carbocycles. The smallest absolute Gasteiger partial charge is 0.0300 e. The third kappa shape index (κ3) is 1.80. The Morgan fingerprint density at radius 2 is 2.33 bits per heavy atom. The lowest BCUT2D eigenvalue weighted by Crippen LogP contribution is -1.76. The lowest BCUT2D eigenvalue weighted by atomic mass is 10.2. The van der Waals surface area contributed by atoms with E-state index in [2.05, 4.69) is 37.9 Å². The van der Waals surface area contributed by atoms with E-state index < -0.39 is 0 Å². The van der Waals surface area contributed by atoms with Crippen molar-refractivity contribution < 1.29 is 0 Å². The van der Waals surface area contributed by atoms with E-state index >= 15 is 0 Å². The molecule has 0 fully saturated rings. The van der Waals surface area contributed by atoms with Crippen LogP contribution in [0.4, 0.5) is 0 Å². The van der Waals surface area contributed by atoms with Gasteiger partial charge in [-0.15, -0.1) is 0 Å². The highest BCUT2D eigenvalue weighted by atomic mass is 79.9. The van der Waals surface area contributed by atoms with Crippen molar-refractivity contribution in [2.24, 2.45) is 0 Å². The summed E-state index contributed by atoms with van der Waals surface area (Å²) in [5.41, 5.74) is 1.16. The van der Waals surface area contributed by atoms with E-state index in [0.29, 0.717) is 0 Å². The van der Waals surface area contributed by atoms with E-state index in [1.807, 2.05) is 18.2 Å². The molecule has 0 heterocycles. The number of benzene rings is 1. The quantitative estimate of drug-likeness (QED) is 0.670. The molecule has 0 aliphatic heterocycles. The Kier molecular flexibility index (Phi) is 2.73. The molecule has 0 aromatic heterocycles. The van der Waals surface area contributed by atoms with Gasteiger partial charge >= 0.3 is 0 Å². The fourth-order valence-corrected chi connectivity index (χ4v) is 1.80. The maximum Gasteiger partial charge on any atom is 0.0300 e. The molecule has 0 aliphatic carbocycles. The van der Waals surface area contributed by atoms with Crippen LogP contribution in [0.15, 0.2) is 22.7 Å². The van der Waals surface area contributed by atoms with Gasteiger partial charge in [0.15, 0.2) is 0 Å². The minimum atomic E-state index is 0.856. The first-order chi connectivity index (χ1) is 4.34. The van der Waals surface area contributed by atoms with E-state index in [1.54, 1.807) is 0 Å². The van der Waals surface area contributed by atoms with E-state index in [9.17, 15) is 0 Å². The van der Waals surface area contributed by atoms with Crippen molar-refractivity contribution in [3.63, 3.8) is 0 Å². The standard InChI is InChI=1S/C7H5Br2/c8-5-6-3-1-2-4-7(6)9/h1-2,4H,5H2. The Balaban J connectivity index is 3.01. The lowest BCUT2D eigenvalue weighted by molar-refractivity contribution is 1.39. The Morgan fingerprint density at radius 1 is 1.56 bits per heavy atom. The fourth-order valence-electron chi connectivity index (χ4n) is 0.553. The second-order valence-corrected chi connectivity index (χ2v) is 3.05. The molecule has 0 saturated heterocycles. The van der Waals surface area contributed by atoms with Crippen molar-refractivity contribution in [2.45, 2.75) is 5.33 Å². The maximum absolute atomic E-state index is 3.40. The summed E-state index contributed by atoms with van der Waals surface area (Å²) < 4.78 is 1.11. The summed E-state index contributed by atoms with van der Waals surface area (Å²) in [6, 6.07) is 8.96. The predicted octanol–water partition coefficient (Wildman–Crippen LogP) is 3.14. The first-order valence-electron chi connectivity index (χ1n) is 2.55. The van der Waals surface area contributed by atoms with Crippen molar-refractivity contribution in [1.82, 2.24) is 0 Å². The SMILES string of the molecule is BrCc1[c]cccc1Br. The molecule has 0 saturated carbocycles. The van der Waals surface area contributed by atoms with Crippen LogP contribution in [0.5, 0.6) is 0 Å². The zero-order chi connectivity index (χ0) is 6.69. The normalized spacial score (nSPS) is 9.56. The molecule has 0 aliphatic rings. The van der Waals surface area contributed by atoms with Crippen molar-refractivity contribution in [2.75, 3.05) is 0 Å². The zero-order valence-electron chi connectivity index (χ0n) is 4.70. The van der Waals surface area contributed by atoms with Crippen molar-refractivity contribution >= 4 is 31.9 Å². The molecular formula is C7H5Br2. The summed E-state index contributed by atoms with van der Waals surface area (Å²) in [4.78, 5) is 0. The maximum atomic E-state index is 3.40. The Bertz CT molecular complexity index is 196. The number of hydrogen-bond donors (Lipinski definition) is 0. The molecule has 2 heteroatoms. The van der Waals surface area contributed by atoms with Gasteiger partial charge < -0.3 is 0 Å². The van der Waals surface area contributed by atoms with E-state index in [1.165, 1.54) is 0 Å². The summed E-state index contributed by atoms with van der Waals surface area (Å²) in [5, 5.41) is 0.856. The van der Waals surface area contributed by atoms with E-state index in [0.717, 1.165) is 15.4 Å². The molecule has 0 atom stereocenters. The number of alkyl halides is 1. The average molecular weight is 249 g/mol. The summed E-state index contributed by atoms with van der Waals surface area (Å²) in [7, 11) is 0. The Labute approximate surface area is 71.5 Å². The minimum absolute atomic E-state index is 0.856. The number of rotatable bonds is 1. The third-order valence-corrected chi connectivity index (χ3v) is 2.32. The fraction of sp³-hybridized carbons (Fsp3) is 0.143. The Hall–Kier alpha value is 0.180. The van der Waals surface area contributed by atoms with Crippen LogP contribution in [-0.2, 0) is 5.33 Å². The molecule has 1 aromatic rings. The van der Waals surface area contributed by atoms with Crippen LogP contribution in [0.3, 0.4) is 0 Å². The van der Waals surface area contributed by atoms with Gasteiger partial charge in [0.1, 0.15) is 0 Å². The molecule has 0 nitrogen and oxygen atoms in total. The van der Waals surface area contributed by atoms with Gasteiger partial charge in [-0.25, -0.2) is 0 Å². The highest BCUT2D eigenvalue weighted by molar-refractivity contribution is 9.10. The molecule has 0 amide bonds. The second-order valence-electron chi connectivity index (χ2n) is 1.63. The van der Waals surface area contributed by atoms with Gasteiger partial charge in [0.25, 0.3) is 0 Å². The van der Waals surface area contributed by atoms with Gasteiger partial charge in [-0.3, -0.25) is 0 Å². The molecule has 0 spiro atoms. The van der Waals surface area contributed by atoms with Gasteiger partial charge in [-0.05, 0) is 17.7 Å². The van der Waals surface area contributed by atoms with Crippen LogP contribution >= 0.6 is 31.9 Å². The van der Waals surface area contributed by atoms with Crippen LogP contribution in [0, 0.1) is 6.07 Å². The summed E-state index contributed by atoms with van der Waals surface area (Å²) >= 11 is 6.74. The van der Waals surface area contributed by atoms with Crippen LogP contribution < -0.4 is 0 Å². The van der Waals surface area contributed by atoms with Crippen LogP contribution in [0.1, 0.15) is 5.56 Å². The largest absolute Gasteiger partial charge is 0.0876 e. The number of halogens is 2. The molecule has 47 valence electrons. The first kappa shape index (κ1) is 7.29. The topological polar surface area (TPSA) is 0 Å². The summed E-state index contributed by atoms with van der Waals surface area (Å²) in [5.74, 6) is 0. The van der Waals surface area contributed by atoms with Crippen LogP contribution in [-0.4, -0.2) is 0 Å². The van der Waals surface area contributed by atoms with Gasteiger partial charge in [-0.1, -0.05) is 44.0 Å². The summed E-state index contributed by atoms with van der Waals surface area (Å²) in [6.45, 7) is 0. The highest BCUT2D eigenvalue weighted by Gasteiger charge is 1.93. The predicted molar refractivity (Wildman–Crippen MR) is 45.6 cm³/mol. The van der Waals surface area contributed by atoms with Gasteiger partial charge in [0.2, 0.25) is 0 Å². The number of hydrogen-bond acceptors (Lipinski definition) is 0. The van der Waals surface area contributed by atoms with Crippen molar-refractivity contribution in [1.29, 1.82) is 0 Å². The Morgan fingerprint density at radius 3 is 2.78 bits per heavy atom. The molecule has 1 rings (SSSR count). The van der Waals surface area contributed by atoms with E-state index in [4.69, 9.17) is 0 Å². The minimum Gasteiger partial charge on any atom is -0.0876 e. The molecule has 0 N–H and O–H groups in total. The molecule has 0 bridgehead atoms. The molecule has 1 radical (unpaired) electrons.